The summed E-state index contributed by atoms with van der Waals surface area (Å²) in [4.78, 5) is 24.4. The maximum atomic E-state index is 13.5. The topological polar surface area (TPSA) is 76.5 Å². The van der Waals surface area contributed by atoms with Crippen LogP contribution in [-0.4, -0.2) is 20.7 Å². The Morgan fingerprint density at radius 3 is 1.86 bits per heavy atom. The van der Waals surface area contributed by atoms with Crippen LogP contribution < -0.4 is 16.0 Å². The number of carbonyl (C=O) groups excluding carboxylic acids is 1. The van der Waals surface area contributed by atoms with E-state index in [0.29, 0.717) is 11.8 Å². The SMILES string of the molecule is Cc1c2[nH]c(c1C)/C=c1\[nH]/c(c(C)c1C)=C\c1[nH]c3c(c1C)C(=O)[C@H](C)/C3=C1/N/C(=C\2)[C@@H](C)[C@@H]1C. The van der Waals surface area contributed by atoms with E-state index in [1.165, 1.54) is 33.6 Å². The molecule has 5 heteroatoms. The van der Waals surface area contributed by atoms with Crippen molar-refractivity contribution in [3.05, 3.63) is 78.2 Å². The molecule has 1 saturated heterocycles. The molecule has 5 heterocycles. The second kappa shape index (κ2) is 7.27. The molecule has 0 saturated carbocycles. The Morgan fingerprint density at radius 1 is 0.657 bits per heavy atom. The van der Waals surface area contributed by atoms with E-state index in [2.05, 4.69) is 87.0 Å². The van der Waals surface area contributed by atoms with Crippen LogP contribution in [0.4, 0.5) is 0 Å². The lowest BCUT2D eigenvalue weighted by Crippen LogP contribution is -2.14. The Bertz CT molecular complexity index is 1630. The third-order valence-electron chi connectivity index (χ3n) is 9.05. The summed E-state index contributed by atoms with van der Waals surface area (Å²) in [5.41, 5.74) is 14.6. The Balaban J connectivity index is 1.73. The van der Waals surface area contributed by atoms with E-state index in [1.54, 1.807) is 0 Å². The minimum absolute atomic E-state index is 0.156. The fraction of sp³-hybridized carbons (Fsp3) is 0.367. The first kappa shape index (κ1) is 22.0. The van der Waals surface area contributed by atoms with Gasteiger partial charge in [-0.2, -0.15) is 0 Å². The molecule has 3 aromatic heterocycles. The highest BCUT2D eigenvalue weighted by atomic mass is 16.1. The van der Waals surface area contributed by atoms with Crippen LogP contribution in [0, 0.1) is 52.4 Å². The van der Waals surface area contributed by atoms with Crippen LogP contribution in [0.3, 0.4) is 0 Å². The van der Waals surface area contributed by atoms with E-state index in [1.807, 2.05) is 6.92 Å². The van der Waals surface area contributed by atoms with Gasteiger partial charge in [-0.15, -0.1) is 0 Å². The van der Waals surface area contributed by atoms with Crippen LogP contribution in [0.1, 0.15) is 81.7 Å². The van der Waals surface area contributed by atoms with Crippen LogP contribution in [0.15, 0.2) is 11.4 Å². The normalized spacial score (nSPS) is 28.3. The molecular weight excluding hydrogens is 432 g/mol. The summed E-state index contributed by atoms with van der Waals surface area (Å²) in [5, 5.41) is 5.94. The van der Waals surface area contributed by atoms with Gasteiger partial charge in [0.1, 0.15) is 0 Å². The van der Waals surface area contributed by atoms with Gasteiger partial charge in [0.2, 0.25) is 0 Å². The second-order valence-corrected chi connectivity index (χ2v) is 10.8. The number of hydrogen-bond acceptors (Lipinski definition) is 2. The van der Waals surface area contributed by atoms with Crippen LogP contribution in [0.25, 0.3) is 23.8 Å². The predicted molar refractivity (Wildman–Crippen MR) is 142 cm³/mol. The van der Waals surface area contributed by atoms with Crippen LogP contribution in [0.5, 0.6) is 0 Å². The van der Waals surface area contributed by atoms with Gasteiger partial charge in [0.05, 0.1) is 5.69 Å². The lowest BCUT2D eigenvalue weighted by atomic mass is 9.90. The Hall–Kier alpha value is -3.47. The van der Waals surface area contributed by atoms with Gasteiger partial charge in [0.25, 0.3) is 0 Å². The lowest BCUT2D eigenvalue weighted by Gasteiger charge is -2.14. The number of aromatic nitrogens is 3. The van der Waals surface area contributed by atoms with Crippen LogP contribution >= 0.6 is 0 Å². The first-order chi connectivity index (χ1) is 16.6. The molecule has 180 valence electrons. The summed E-state index contributed by atoms with van der Waals surface area (Å²) in [5.74, 6) is 0.676. The van der Waals surface area contributed by atoms with Crippen molar-refractivity contribution in [2.24, 2.45) is 17.8 Å². The third kappa shape index (κ3) is 2.90. The van der Waals surface area contributed by atoms with Gasteiger partial charge in [0.15, 0.2) is 5.78 Å². The molecule has 0 amide bonds. The van der Waals surface area contributed by atoms with E-state index >= 15 is 0 Å². The molecule has 0 spiro atoms. The highest BCUT2D eigenvalue weighted by Crippen LogP contribution is 2.46. The van der Waals surface area contributed by atoms with Crippen LogP contribution in [0.2, 0.25) is 0 Å². The molecule has 2 aliphatic heterocycles. The smallest absolute Gasteiger partial charge is 0.172 e. The van der Waals surface area contributed by atoms with E-state index in [4.69, 9.17) is 0 Å². The van der Waals surface area contributed by atoms with Gasteiger partial charge in [-0.1, -0.05) is 20.8 Å². The van der Waals surface area contributed by atoms with Gasteiger partial charge in [-0.25, -0.2) is 0 Å². The summed E-state index contributed by atoms with van der Waals surface area (Å²) in [6.07, 6.45) is 6.65. The molecular formula is C30H34N4O. The number of Topliss-reactive ketones (excluding diaryl/α,β-unsaturated/α-hetero) is 1. The van der Waals surface area contributed by atoms with Gasteiger partial charge >= 0.3 is 0 Å². The first-order valence-electron chi connectivity index (χ1n) is 12.7. The predicted octanol–water partition coefficient (Wildman–Crippen LogP) is 4.64. The number of hydrogen-bond donors (Lipinski definition) is 4. The van der Waals surface area contributed by atoms with Gasteiger partial charge in [0, 0.05) is 68.1 Å². The minimum atomic E-state index is -0.156. The van der Waals surface area contributed by atoms with Crippen molar-refractivity contribution < 1.29 is 4.79 Å². The molecule has 0 aromatic carbocycles. The molecule has 0 unspecified atom stereocenters. The van der Waals surface area contributed by atoms with Crippen molar-refractivity contribution >= 4 is 29.6 Å². The molecule has 6 rings (SSSR count). The number of fused-ring (bicyclic) bond motifs is 7. The molecule has 4 N–H and O–H groups in total. The summed E-state index contributed by atoms with van der Waals surface area (Å²) in [6.45, 7) is 17.4. The molecule has 3 aromatic rings. The van der Waals surface area contributed by atoms with Gasteiger partial charge < -0.3 is 20.3 Å². The van der Waals surface area contributed by atoms with E-state index in [-0.39, 0.29) is 11.7 Å². The molecule has 3 aliphatic rings. The maximum absolute atomic E-state index is 13.5. The molecule has 8 bridgehead atoms. The minimum Gasteiger partial charge on any atom is -0.361 e. The zero-order valence-corrected chi connectivity index (χ0v) is 21.9. The highest BCUT2D eigenvalue weighted by Gasteiger charge is 2.41. The van der Waals surface area contributed by atoms with E-state index in [9.17, 15) is 4.79 Å². The number of nitrogens with one attached hydrogen (secondary N) is 4. The molecule has 1 fully saturated rings. The Kier molecular flexibility index (Phi) is 4.57. The summed E-state index contributed by atoms with van der Waals surface area (Å²) >= 11 is 0. The Morgan fingerprint density at radius 2 is 1.23 bits per heavy atom. The summed E-state index contributed by atoms with van der Waals surface area (Å²) in [6, 6.07) is 0. The van der Waals surface area contributed by atoms with Crippen molar-refractivity contribution in [2.45, 2.75) is 55.4 Å². The molecule has 3 atom stereocenters. The average molecular weight is 467 g/mol. The quantitative estimate of drug-likeness (QED) is 0.389. The first-order valence-corrected chi connectivity index (χ1v) is 12.7. The maximum Gasteiger partial charge on any atom is 0.172 e. The fourth-order valence-corrected chi connectivity index (χ4v) is 6.08. The number of carbonyl (C=O) groups is 1. The van der Waals surface area contributed by atoms with Crippen molar-refractivity contribution in [1.82, 2.24) is 20.3 Å². The molecule has 0 radical (unpaired) electrons. The number of ketones is 1. The average Bonchev–Trinajstić information content (AvgIpc) is 3.52. The molecule has 1 aliphatic carbocycles. The number of allylic oxidation sites excluding steroid dienone is 3. The standard InChI is InChI=1S/C30H34N4O/c1-12-14(3)22-10-24-16(5)17(6)28(33-24)26-19(8)30(35)27-18(7)25(34-29(26)27)11-23-15(4)13(2)21(32-23)9-20(12)31-22/h9-11,16-17,19,31-34H,1-8H3/b21-9-,23-11-,24-10-,28-26-/t16-,17-,19+/m0/s1. The Labute approximate surface area is 206 Å². The van der Waals surface area contributed by atoms with Gasteiger partial charge in [-0.05, 0) is 80.7 Å². The van der Waals surface area contributed by atoms with Crippen molar-refractivity contribution in [2.75, 3.05) is 0 Å². The van der Waals surface area contributed by atoms with Crippen molar-refractivity contribution in [1.29, 1.82) is 0 Å². The zero-order valence-electron chi connectivity index (χ0n) is 21.9. The summed E-state index contributed by atoms with van der Waals surface area (Å²) < 4.78 is 0. The third-order valence-corrected chi connectivity index (χ3v) is 9.05. The summed E-state index contributed by atoms with van der Waals surface area (Å²) in [7, 11) is 0. The molecule has 5 nitrogen and oxygen atoms in total. The van der Waals surface area contributed by atoms with Gasteiger partial charge in [-0.3, -0.25) is 4.79 Å². The molecule has 35 heavy (non-hydrogen) atoms. The fourth-order valence-electron chi connectivity index (χ4n) is 6.08. The largest absolute Gasteiger partial charge is 0.361 e. The lowest BCUT2D eigenvalue weighted by molar-refractivity contribution is 0.0965. The number of H-pyrrole nitrogens is 3. The number of rotatable bonds is 0. The van der Waals surface area contributed by atoms with Crippen LogP contribution in [-0.2, 0) is 0 Å². The van der Waals surface area contributed by atoms with Crippen molar-refractivity contribution in [3.8, 4) is 0 Å². The second-order valence-electron chi connectivity index (χ2n) is 10.8. The van der Waals surface area contributed by atoms with Crippen molar-refractivity contribution in [3.63, 3.8) is 0 Å². The monoisotopic (exact) mass is 466 g/mol. The van der Waals surface area contributed by atoms with E-state index in [0.717, 1.165) is 50.2 Å². The van der Waals surface area contributed by atoms with E-state index < -0.39 is 0 Å². The zero-order chi connectivity index (χ0) is 24.9. The highest BCUT2D eigenvalue weighted by molar-refractivity contribution is 6.15. The number of aromatic amines is 3.